The zero-order valence-electron chi connectivity index (χ0n) is 17.0. The first kappa shape index (κ1) is 20.5. The SMILES string of the molecule is CC[C@H]1CCCCN1C(=O)CSc1nc2c(c(=O)n1-c1ccc(C)cc1)SCC2. The Hall–Kier alpha value is -1.73. The van der Waals surface area contributed by atoms with Gasteiger partial charge < -0.3 is 4.90 Å². The summed E-state index contributed by atoms with van der Waals surface area (Å²) in [7, 11) is 0. The van der Waals surface area contributed by atoms with Crippen LogP contribution in [0, 0.1) is 6.92 Å². The number of fused-ring (bicyclic) bond motifs is 1. The zero-order chi connectivity index (χ0) is 20.4. The van der Waals surface area contributed by atoms with Crippen molar-refractivity contribution in [3.8, 4) is 5.69 Å². The highest BCUT2D eigenvalue weighted by Gasteiger charge is 2.27. The standard InChI is InChI=1S/C22H27N3O2S2/c1-3-16-6-4-5-12-24(16)19(26)14-29-22-23-18-11-13-28-20(18)21(27)25(22)17-9-7-15(2)8-10-17/h7-10,16H,3-6,11-14H2,1-2H3/t16-/m0/s1. The summed E-state index contributed by atoms with van der Waals surface area (Å²) in [5, 5.41) is 0.624. The highest BCUT2D eigenvalue weighted by molar-refractivity contribution is 8.00. The van der Waals surface area contributed by atoms with Gasteiger partial charge >= 0.3 is 0 Å². The number of hydrogen-bond acceptors (Lipinski definition) is 5. The maximum absolute atomic E-state index is 13.2. The Kier molecular flexibility index (Phi) is 6.35. The molecule has 1 saturated heterocycles. The number of thioether (sulfide) groups is 2. The topological polar surface area (TPSA) is 55.2 Å². The number of benzene rings is 1. The molecule has 0 N–H and O–H groups in total. The molecular weight excluding hydrogens is 402 g/mol. The Bertz CT molecular complexity index is 956. The van der Waals surface area contributed by atoms with Crippen LogP contribution >= 0.6 is 23.5 Å². The van der Waals surface area contributed by atoms with Gasteiger partial charge in [0.05, 0.1) is 22.0 Å². The van der Waals surface area contributed by atoms with Crippen molar-refractivity contribution in [1.29, 1.82) is 0 Å². The number of hydrogen-bond donors (Lipinski definition) is 0. The minimum atomic E-state index is -0.0132. The third kappa shape index (κ3) is 4.26. The lowest BCUT2D eigenvalue weighted by molar-refractivity contribution is -0.132. The van der Waals surface area contributed by atoms with Crippen molar-refractivity contribution in [1.82, 2.24) is 14.5 Å². The van der Waals surface area contributed by atoms with E-state index < -0.39 is 0 Å². The van der Waals surface area contributed by atoms with E-state index in [1.165, 1.54) is 18.2 Å². The van der Waals surface area contributed by atoms with E-state index in [0.29, 0.717) is 17.0 Å². The summed E-state index contributed by atoms with van der Waals surface area (Å²) in [6.45, 7) is 5.02. The first-order valence-electron chi connectivity index (χ1n) is 10.4. The summed E-state index contributed by atoms with van der Waals surface area (Å²) >= 11 is 2.98. The van der Waals surface area contributed by atoms with Crippen LogP contribution in [0.5, 0.6) is 0 Å². The van der Waals surface area contributed by atoms with Gasteiger partial charge in [-0.3, -0.25) is 14.2 Å². The minimum Gasteiger partial charge on any atom is -0.339 e. The van der Waals surface area contributed by atoms with Gasteiger partial charge in [0, 0.05) is 24.8 Å². The molecule has 1 fully saturated rings. The molecule has 154 valence electrons. The van der Waals surface area contributed by atoms with E-state index in [1.54, 1.807) is 16.3 Å². The van der Waals surface area contributed by atoms with Crippen molar-refractivity contribution in [3.63, 3.8) is 0 Å². The number of aryl methyl sites for hydroxylation is 2. The fourth-order valence-corrected chi connectivity index (χ4v) is 6.01. The molecular formula is C22H27N3O2S2. The summed E-state index contributed by atoms with van der Waals surface area (Å²) in [5.74, 6) is 1.37. The predicted octanol–water partition coefficient (Wildman–Crippen LogP) is 4.07. The molecule has 1 amide bonds. The van der Waals surface area contributed by atoms with Crippen molar-refractivity contribution in [3.05, 3.63) is 45.9 Å². The third-order valence-electron chi connectivity index (χ3n) is 5.70. The van der Waals surface area contributed by atoms with Crippen molar-refractivity contribution < 1.29 is 4.79 Å². The Labute approximate surface area is 180 Å². The van der Waals surface area contributed by atoms with Crippen LogP contribution in [0.1, 0.15) is 43.9 Å². The third-order valence-corrected chi connectivity index (χ3v) is 7.73. The predicted molar refractivity (Wildman–Crippen MR) is 119 cm³/mol. The lowest BCUT2D eigenvalue weighted by Crippen LogP contribution is -2.44. The quantitative estimate of drug-likeness (QED) is 0.530. The van der Waals surface area contributed by atoms with Gasteiger partial charge in [-0.25, -0.2) is 4.98 Å². The molecule has 0 radical (unpaired) electrons. The molecule has 0 bridgehead atoms. The number of rotatable bonds is 5. The molecule has 1 aromatic carbocycles. The normalized spacial score (nSPS) is 18.7. The summed E-state index contributed by atoms with van der Waals surface area (Å²) in [6.07, 6.45) is 5.19. The molecule has 0 unspecified atom stereocenters. The van der Waals surface area contributed by atoms with Crippen LogP contribution in [0.4, 0.5) is 0 Å². The molecule has 2 aromatic rings. The number of amides is 1. The smallest absolute Gasteiger partial charge is 0.272 e. The van der Waals surface area contributed by atoms with Crippen molar-refractivity contribution in [2.24, 2.45) is 0 Å². The number of likely N-dealkylation sites (tertiary alicyclic amines) is 1. The molecule has 1 atom stereocenters. The minimum absolute atomic E-state index is 0.0132. The Morgan fingerprint density at radius 3 is 2.83 bits per heavy atom. The van der Waals surface area contributed by atoms with Gasteiger partial charge in [0.1, 0.15) is 0 Å². The molecule has 1 aromatic heterocycles. The molecule has 7 heteroatoms. The van der Waals surface area contributed by atoms with E-state index in [2.05, 4.69) is 6.92 Å². The summed E-state index contributed by atoms with van der Waals surface area (Å²) < 4.78 is 1.68. The van der Waals surface area contributed by atoms with Gasteiger partial charge in [0.15, 0.2) is 5.16 Å². The molecule has 2 aliphatic rings. The van der Waals surface area contributed by atoms with E-state index in [-0.39, 0.29) is 11.5 Å². The highest BCUT2D eigenvalue weighted by atomic mass is 32.2. The number of nitrogens with zero attached hydrogens (tertiary/aromatic N) is 3. The van der Waals surface area contributed by atoms with E-state index in [0.717, 1.165) is 59.8 Å². The molecule has 3 heterocycles. The first-order chi connectivity index (χ1) is 14.1. The van der Waals surface area contributed by atoms with Gasteiger partial charge in [0.25, 0.3) is 5.56 Å². The van der Waals surface area contributed by atoms with Crippen LogP contribution < -0.4 is 5.56 Å². The summed E-state index contributed by atoms with van der Waals surface area (Å²) in [6, 6.07) is 8.26. The summed E-state index contributed by atoms with van der Waals surface area (Å²) in [5.41, 5.74) is 2.82. The van der Waals surface area contributed by atoms with Crippen molar-refractivity contribution in [2.75, 3.05) is 18.1 Å². The van der Waals surface area contributed by atoms with E-state index >= 15 is 0 Å². The zero-order valence-corrected chi connectivity index (χ0v) is 18.7. The lowest BCUT2D eigenvalue weighted by atomic mass is 10.0. The molecule has 5 nitrogen and oxygen atoms in total. The van der Waals surface area contributed by atoms with E-state index in [4.69, 9.17) is 4.98 Å². The highest BCUT2D eigenvalue weighted by Crippen LogP contribution is 2.30. The molecule has 2 aliphatic heterocycles. The lowest BCUT2D eigenvalue weighted by Gasteiger charge is -2.35. The molecule has 4 rings (SSSR count). The van der Waals surface area contributed by atoms with Gasteiger partial charge in [-0.1, -0.05) is 36.4 Å². The van der Waals surface area contributed by atoms with Crippen LogP contribution in [0.3, 0.4) is 0 Å². The van der Waals surface area contributed by atoms with E-state index in [9.17, 15) is 9.59 Å². The Morgan fingerprint density at radius 2 is 2.07 bits per heavy atom. The molecule has 0 saturated carbocycles. The molecule has 0 aliphatic carbocycles. The first-order valence-corrected chi connectivity index (χ1v) is 12.3. The second-order valence-corrected chi connectivity index (χ2v) is 9.73. The number of carbonyl (C=O) groups is 1. The Morgan fingerprint density at radius 1 is 1.28 bits per heavy atom. The fraction of sp³-hybridized carbons (Fsp3) is 0.500. The van der Waals surface area contributed by atoms with Crippen LogP contribution in [0.25, 0.3) is 5.69 Å². The second kappa shape index (κ2) is 8.96. The van der Waals surface area contributed by atoms with Gasteiger partial charge in [-0.15, -0.1) is 11.8 Å². The van der Waals surface area contributed by atoms with Crippen molar-refractivity contribution >= 4 is 29.4 Å². The van der Waals surface area contributed by atoms with Crippen LogP contribution in [0.15, 0.2) is 39.1 Å². The maximum Gasteiger partial charge on any atom is 0.272 e. The average molecular weight is 430 g/mol. The summed E-state index contributed by atoms with van der Waals surface area (Å²) in [4.78, 5) is 33.7. The van der Waals surface area contributed by atoms with Crippen LogP contribution in [-0.4, -0.2) is 44.5 Å². The Balaban J connectivity index is 1.63. The average Bonchev–Trinajstić information content (AvgIpc) is 3.22. The van der Waals surface area contributed by atoms with Crippen LogP contribution in [-0.2, 0) is 11.2 Å². The van der Waals surface area contributed by atoms with Gasteiger partial charge in [0.2, 0.25) is 5.91 Å². The van der Waals surface area contributed by atoms with Crippen molar-refractivity contribution in [2.45, 2.75) is 62.0 Å². The monoisotopic (exact) mass is 429 g/mol. The molecule has 0 spiro atoms. The number of aromatic nitrogens is 2. The second-order valence-electron chi connectivity index (χ2n) is 7.68. The van der Waals surface area contributed by atoms with E-state index in [1.807, 2.05) is 36.1 Å². The number of piperidine rings is 1. The fourth-order valence-electron chi connectivity index (χ4n) is 4.07. The van der Waals surface area contributed by atoms with Gasteiger partial charge in [-0.2, -0.15) is 0 Å². The van der Waals surface area contributed by atoms with Gasteiger partial charge in [-0.05, 0) is 44.7 Å². The maximum atomic E-state index is 13.2. The number of carbonyl (C=O) groups excluding carboxylic acids is 1. The molecule has 29 heavy (non-hydrogen) atoms. The largest absolute Gasteiger partial charge is 0.339 e. The van der Waals surface area contributed by atoms with Crippen LogP contribution in [0.2, 0.25) is 0 Å².